The summed E-state index contributed by atoms with van der Waals surface area (Å²) >= 11 is 0. The number of nitrogens with one attached hydrogen (secondary N) is 1. The fourth-order valence-corrected chi connectivity index (χ4v) is 4.48. The predicted octanol–water partition coefficient (Wildman–Crippen LogP) is 3.82. The van der Waals surface area contributed by atoms with Crippen LogP contribution in [0.3, 0.4) is 0 Å². The van der Waals surface area contributed by atoms with Crippen molar-refractivity contribution in [3.8, 4) is 0 Å². The number of aromatic nitrogens is 2. The fourth-order valence-electron chi connectivity index (χ4n) is 4.48. The van der Waals surface area contributed by atoms with Crippen molar-refractivity contribution >= 4 is 11.7 Å². The van der Waals surface area contributed by atoms with Crippen LogP contribution in [0, 0.1) is 12.7 Å². The van der Waals surface area contributed by atoms with Gasteiger partial charge in [0.15, 0.2) is 0 Å². The molecular formula is C24H32FN5O. The molecule has 2 fully saturated rings. The van der Waals surface area contributed by atoms with E-state index in [1.165, 1.54) is 25.0 Å². The van der Waals surface area contributed by atoms with Crippen molar-refractivity contribution in [2.24, 2.45) is 0 Å². The first-order valence-electron chi connectivity index (χ1n) is 11.4. The molecule has 1 N–H and O–H groups in total. The largest absolute Gasteiger partial charge is 0.367 e. The smallest absolute Gasteiger partial charge is 0.274 e. The molecule has 2 aliphatic heterocycles. The standard InChI is InChI=1S/C24H32FN5O/c1-17(19-7-9-20(25)10-8-19)21-23(26-11-16-29-12-3-4-13-29)27-18(2)22(28-21)24(31)30-14-5-6-15-30/h7-10,17H,3-6,11-16H2,1-2H3,(H,26,27). The molecule has 0 bridgehead atoms. The van der Waals surface area contributed by atoms with E-state index in [1.807, 2.05) is 18.7 Å². The van der Waals surface area contributed by atoms with Crippen molar-refractivity contribution in [1.82, 2.24) is 19.8 Å². The van der Waals surface area contributed by atoms with E-state index in [-0.39, 0.29) is 17.6 Å². The maximum atomic E-state index is 13.4. The minimum atomic E-state index is -0.264. The zero-order valence-corrected chi connectivity index (χ0v) is 18.5. The summed E-state index contributed by atoms with van der Waals surface area (Å²) in [4.78, 5) is 27.0. The molecule has 0 spiro atoms. The van der Waals surface area contributed by atoms with E-state index >= 15 is 0 Å². The van der Waals surface area contributed by atoms with Gasteiger partial charge < -0.3 is 15.1 Å². The summed E-state index contributed by atoms with van der Waals surface area (Å²) in [5, 5.41) is 3.46. The Labute approximate surface area is 183 Å². The highest BCUT2D eigenvalue weighted by Gasteiger charge is 2.26. The summed E-state index contributed by atoms with van der Waals surface area (Å²) in [5.41, 5.74) is 2.76. The number of aryl methyl sites for hydroxylation is 1. The summed E-state index contributed by atoms with van der Waals surface area (Å²) in [6.07, 6.45) is 4.60. The van der Waals surface area contributed by atoms with E-state index < -0.39 is 0 Å². The molecule has 1 atom stereocenters. The van der Waals surface area contributed by atoms with Gasteiger partial charge in [0.2, 0.25) is 0 Å². The van der Waals surface area contributed by atoms with Gasteiger partial charge >= 0.3 is 0 Å². The molecule has 6 nitrogen and oxygen atoms in total. The molecule has 0 aliphatic carbocycles. The zero-order chi connectivity index (χ0) is 21.8. The molecule has 1 unspecified atom stereocenters. The molecule has 0 radical (unpaired) electrons. The van der Waals surface area contributed by atoms with E-state index in [0.29, 0.717) is 17.2 Å². The van der Waals surface area contributed by atoms with Crippen LogP contribution < -0.4 is 5.32 Å². The van der Waals surface area contributed by atoms with Crippen molar-refractivity contribution in [3.63, 3.8) is 0 Å². The lowest BCUT2D eigenvalue weighted by Crippen LogP contribution is -2.30. The summed E-state index contributed by atoms with van der Waals surface area (Å²) in [5.74, 6) is 0.290. The number of hydrogen-bond acceptors (Lipinski definition) is 5. The molecule has 2 saturated heterocycles. The minimum Gasteiger partial charge on any atom is -0.367 e. The van der Waals surface area contributed by atoms with Crippen LogP contribution in [0.2, 0.25) is 0 Å². The third-order valence-corrected chi connectivity index (χ3v) is 6.39. The van der Waals surface area contributed by atoms with Gasteiger partial charge in [0.05, 0.1) is 11.4 Å². The first-order chi connectivity index (χ1) is 15.0. The SMILES string of the molecule is Cc1nc(NCCN2CCCC2)c(C(C)c2ccc(F)cc2)nc1C(=O)N1CCCC1. The summed E-state index contributed by atoms with van der Waals surface area (Å²) in [6, 6.07) is 6.48. The van der Waals surface area contributed by atoms with Crippen molar-refractivity contribution in [2.45, 2.75) is 45.4 Å². The second kappa shape index (κ2) is 9.73. The average Bonchev–Trinajstić information content (AvgIpc) is 3.48. The Kier molecular flexibility index (Phi) is 6.80. The number of carbonyl (C=O) groups is 1. The Balaban J connectivity index is 1.62. The first kappa shape index (κ1) is 21.7. The fraction of sp³-hybridized carbons (Fsp3) is 0.542. The molecule has 2 aromatic rings. The molecule has 0 saturated carbocycles. The Morgan fingerprint density at radius 2 is 1.71 bits per heavy atom. The Bertz CT molecular complexity index is 905. The highest BCUT2D eigenvalue weighted by Crippen LogP contribution is 2.29. The number of likely N-dealkylation sites (tertiary alicyclic amines) is 2. The number of nitrogens with zero attached hydrogens (tertiary/aromatic N) is 4. The molecule has 1 aromatic heterocycles. The molecule has 7 heteroatoms. The number of halogens is 1. The number of anilines is 1. The van der Waals surface area contributed by atoms with Gasteiger partial charge in [0.25, 0.3) is 5.91 Å². The van der Waals surface area contributed by atoms with Gasteiger partial charge in [-0.05, 0) is 63.4 Å². The molecule has 166 valence electrons. The van der Waals surface area contributed by atoms with Crippen LogP contribution in [0.25, 0.3) is 0 Å². The molecule has 1 amide bonds. The second-order valence-corrected chi connectivity index (χ2v) is 8.64. The second-order valence-electron chi connectivity index (χ2n) is 8.64. The van der Waals surface area contributed by atoms with E-state index in [2.05, 4.69) is 10.2 Å². The quantitative estimate of drug-likeness (QED) is 0.731. The number of hydrogen-bond donors (Lipinski definition) is 1. The van der Waals surface area contributed by atoms with Crippen LogP contribution in [-0.2, 0) is 0 Å². The monoisotopic (exact) mass is 425 g/mol. The topological polar surface area (TPSA) is 61.4 Å². The van der Waals surface area contributed by atoms with Crippen LogP contribution in [0.15, 0.2) is 24.3 Å². The van der Waals surface area contributed by atoms with E-state index in [4.69, 9.17) is 9.97 Å². The van der Waals surface area contributed by atoms with Gasteiger partial charge in [0, 0.05) is 32.1 Å². The van der Waals surface area contributed by atoms with Gasteiger partial charge in [0.1, 0.15) is 17.3 Å². The normalized spacial score (nSPS) is 17.8. The highest BCUT2D eigenvalue weighted by molar-refractivity contribution is 5.93. The number of carbonyl (C=O) groups excluding carboxylic acids is 1. The van der Waals surface area contributed by atoms with Crippen LogP contribution >= 0.6 is 0 Å². The molecular weight excluding hydrogens is 393 g/mol. The van der Waals surface area contributed by atoms with E-state index in [1.54, 1.807) is 12.1 Å². The van der Waals surface area contributed by atoms with Crippen LogP contribution in [0.4, 0.5) is 10.2 Å². The van der Waals surface area contributed by atoms with Crippen LogP contribution in [-0.4, -0.2) is 64.9 Å². The Morgan fingerprint density at radius 1 is 1.06 bits per heavy atom. The summed E-state index contributed by atoms with van der Waals surface area (Å²) < 4.78 is 13.4. The van der Waals surface area contributed by atoms with Gasteiger partial charge in [-0.2, -0.15) is 0 Å². The van der Waals surface area contributed by atoms with Gasteiger partial charge in [-0.3, -0.25) is 4.79 Å². The molecule has 31 heavy (non-hydrogen) atoms. The predicted molar refractivity (Wildman–Crippen MR) is 120 cm³/mol. The lowest BCUT2D eigenvalue weighted by molar-refractivity contribution is 0.0785. The van der Waals surface area contributed by atoms with Crippen LogP contribution in [0.1, 0.15) is 66.0 Å². The van der Waals surface area contributed by atoms with Crippen molar-refractivity contribution in [3.05, 3.63) is 52.7 Å². The lowest BCUT2D eigenvalue weighted by Gasteiger charge is -2.22. The lowest BCUT2D eigenvalue weighted by atomic mass is 9.97. The third kappa shape index (κ3) is 5.03. The number of rotatable bonds is 7. The van der Waals surface area contributed by atoms with Crippen molar-refractivity contribution in [2.75, 3.05) is 44.6 Å². The Hall–Kier alpha value is -2.54. The maximum Gasteiger partial charge on any atom is 0.274 e. The van der Waals surface area contributed by atoms with Crippen LogP contribution in [0.5, 0.6) is 0 Å². The molecule has 2 aliphatic rings. The average molecular weight is 426 g/mol. The maximum absolute atomic E-state index is 13.4. The summed E-state index contributed by atoms with van der Waals surface area (Å²) in [6.45, 7) is 9.47. The van der Waals surface area contributed by atoms with Gasteiger partial charge in [-0.25, -0.2) is 14.4 Å². The first-order valence-corrected chi connectivity index (χ1v) is 11.4. The van der Waals surface area contributed by atoms with Gasteiger partial charge in [-0.15, -0.1) is 0 Å². The zero-order valence-electron chi connectivity index (χ0n) is 18.5. The minimum absolute atomic E-state index is 0.0429. The molecule has 4 rings (SSSR count). The van der Waals surface area contributed by atoms with E-state index in [0.717, 1.165) is 63.4 Å². The molecule has 1 aromatic carbocycles. The Morgan fingerprint density at radius 3 is 2.39 bits per heavy atom. The van der Waals surface area contributed by atoms with Crippen molar-refractivity contribution in [1.29, 1.82) is 0 Å². The van der Waals surface area contributed by atoms with Gasteiger partial charge in [-0.1, -0.05) is 19.1 Å². The van der Waals surface area contributed by atoms with E-state index in [9.17, 15) is 9.18 Å². The molecule has 3 heterocycles. The highest BCUT2D eigenvalue weighted by atomic mass is 19.1. The van der Waals surface area contributed by atoms with Crippen molar-refractivity contribution < 1.29 is 9.18 Å². The summed E-state index contributed by atoms with van der Waals surface area (Å²) in [7, 11) is 0. The number of benzene rings is 1. The number of amides is 1. The third-order valence-electron chi connectivity index (χ3n) is 6.39.